The van der Waals surface area contributed by atoms with Gasteiger partial charge in [-0.2, -0.15) is 0 Å². The molecule has 1 aliphatic carbocycles. The van der Waals surface area contributed by atoms with Crippen molar-refractivity contribution in [1.29, 1.82) is 0 Å². The van der Waals surface area contributed by atoms with Gasteiger partial charge in [-0.25, -0.2) is 0 Å². The van der Waals surface area contributed by atoms with Crippen molar-refractivity contribution in [2.24, 2.45) is 5.92 Å². The molecular formula is C16H22O. The molecule has 0 radical (unpaired) electrons. The third-order valence-electron chi connectivity index (χ3n) is 3.62. The van der Waals surface area contributed by atoms with Crippen molar-refractivity contribution in [3.8, 4) is 0 Å². The fourth-order valence-electron chi connectivity index (χ4n) is 2.46. The zero-order valence-corrected chi connectivity index (χ0v) is 10.6. The number of hydrogen-bond donors (Lipinski definition) is 1. The van der Waals surface area contributed by atoms with Crippen LogP contribution in [0.1, 0.15) is 49.3 Å². The molecule has 0 amide bonds. The Labute approximate surface area is 104 Å². The lowest BCUT2D eigenvalue weighted by atomic mass is 9.88. The van der Waals surface area contributed by atoms with Crippen LogP contribution in [-0.2, 0) is 0 Å². The van der Waals surface area contributed by atoms with Crippen LogP contribution in [0, 0.1) is 12.8 Å². The molecule has 0 aromatic heterocycles. The second-order valence-corrected chi connectivity index (χ2v) is 5.09. The molecule has 2 atom stereocenters. The van der Waals surface area contributed by atoms with Gasteiger partial charge in [0.25, 0.3) is 0 Å². The first-order chi connectivity index (χ1) is 8.27. The quantitative estimate of drug-likeness (QED) is 0.756. The predicted molar refractivity (Wildman–Crippen MR) is 71.9 cm³/mol. The highest BCUT2D eigenvalue weighted by Crippen LogP contribution is 2.29. The van der Waals surface area contributed by atoms with E-state index in [9.17, 15) is 5.11 Å². The molecule has 0 saturated carbocycles. The van der Waals surface area contributed by atoms with Crippen molar-refractivity contribution in [2.45, 2.75) is 45.1 Å². The maximum atomic E-state index is 10.4. The molecule has 1 nitrogen and oxygen atoms in total. The van der Waals surface area contributed by atoms with E-state index in [1.807, 2.05) is 12.1 Å². The number of rotatable bonds is 2. The summed E-state index contributed by atoms with van der Waals surface area (Å²) >= 11 is 0. The van der Waals surface area contributed by atoms with Gasteiger partial charge in [-0.15, -0.1) is 0 Å². The number of allylic oxidation sites excluding steroid dienone is 1. The minimum atomic E-state index is -0.343. The first-order valence-corrected chi connectivity index (χ1v) is 6.68. The first kappa shape index (κ1) is 12.4. The lowest BCUT2D eigenvalue weighted by Crippen LogP contribution is -2.11. The number of aliphatic hydroxyl groups is 1. The van der Waals surface area contributed by atoms with Crippen LogP contribution in [0.25, 0.3) is 0 Å². The van der Waals surface area contributed by atoms with Gasteiger partial charge in [-0.3, -0.25) is 0 Å². The SMILES string of the molecule is Cc1ccc([C@H](O)[C@@H]2C=CCCCCC2)cc1. The molecule has 17 heavy (non-hydrogen) atoms. The van der Waals surface area contributed by atoms with Crippen LogP contribution < -0.4 is 0 Å². The summed E-state index contributed by atoms with van der Waals surface area (Å²) in [6.07, 6.45) is 10.2. The Kier molecular flexibility index (Phi) is 4.38. The molecular weight excluding hydrogens is 208 g/mol. The minimum absolute atomic E-state index is 0.290. The summed E-state index contributed by atoms with van der Waals surface area (Å²) in [5.41, 5.74) is 2.29. The molecule has 0 heterocycles. The summed E-state index contributed by atoms with van der Waals surface area (Å²) in [7, 11) is 0. The Morgan fingerprint density at radius 1 is 1.12 bits per heavy atom. The maximum Gasteiger partial charge on any atom is 0.0852 e. The second kappa shape index (κ2) is 6.02. The van der Waals surface area contributed by atoms with Crippen LogP contribution in [-0.4, -0.2) is 5.11 Å². The van der Waals surface area contributed by atoms with E-state index in [4.69, 9.17) is 0 Å². The van der Waals surface area contributed by atoms with E-state index in [-0.39, 0.29) is 12.0 Å². The highest BCUT2D eigenvalue weighted by Gasteiger charge is 2.18. The fraction of sp³-hybridized carbons (Fsp3) is 0.500. The topological polar surface area (TPSA) is 20.2 Å². The summed E-state index contributed by atoms with van der Waals surface area (Å²) in [6, 6.07) is 8.25. The summed E-state index contributed by atoms with van der Waals surface area (Å²) < 4.78 is 0. The normalized spacial score (nSPS) is 22.8. The van der Waals surface area contributed by atoms with Crippen LogP contribution in [0.15, 0.2) is 36.4 Å². The number of aliphatic hydroxyl groups excluding tert-OH is 1. The number of aryl methyl sites for hydroxylation is 1. The summed E-state index contributed by atoms with van der Waals surface area (Å²) in [5, 5.41) is 10.4. The van der Waals surface area contributed by atoms with E-state index in [0.29, 0.717) is 0 Å². The van der Waals surface area contributed by atoms with E-state index in [1.165, 1.54) is 24.8 Å². The van der Waals surface area contributed by atoms with Crippen molar-refractivity contribution in [3.05, 3.63) is 47.5 Å². The number of benzene rings is 1. The van der Waals surface area contributed by atoms with Gasteiger partial charge in [-0.05, 0) is 31.7 Å². The Hall–Kier alpha value is -1.08. The molecule has 1 aromatic rings. The third kappa shape index (κ3) is 3.44. The van der Waals surface area contributed by atoms with Gasteiger partial charge in [-0.1, -0.05) is 54.8 Å². The summed E-state index contributed by atoms with van der Waals surface area (Å²) in [5.74, 6) is 0.290. The van der Waals surface area contributed by atoms with E-state index in [2.05, 4.69) is 31.2 Å². The largest absolute Gasteiger partial charge is 0.388 e. The van der Waals surface area contributed by atoms with E-state index < -0.39 is 0 Å². The van der Waals surface area contributed by atoms with E-state index in [0.717, 1.165) is 18.4 Å². The van der Waals surface area contributed by atoms with Gasteiger partial charge in [0.15, 0.2) is 0 Å². The van der Waals surface area contributed by atoms with Crippen LogP contribution in [0.2, 0.25) is 0 Å². The van der Waals surface area contributed by atoms with Gasteiger partial charge in [0.2, 0.25) is 0 Å². The van der Waals surface area contributed by atoms with Crippen molar-refractivity contribution < 1.29 is 5.11 Å². The molecule has 1 aromatic carbocycles. The molecule has 0 spiro atoms. The fourth-order valence-corrected chi connectivity index (χ4v) is 2.46. The summed E-state index contributed by atoms with van der Waals surface area (Å²) in [4.78, 5) is 0. The van der Waals surface area contributed by atoms with Crippen LogP contribution in [0.3, 0.4) is 0 Å². The molecule has 1 N–H and O–H groups in total. The Morgan fingerprint density at radius 3 is 2.65 bits per heavy atom. The molecule has 1 heteroatoms. The van der Waals surface area contributed by atoms with E-state index in [1.54, 1.807) is 0 Å². The molecule has 1 aliphatic rings. The smallest absolute Gasteiger partial charge is 0.0852 e. The molecule has 0 bridgehead atoms. The first-order valence-electron chi connectivity index (χ1n) is 6.68. The predicted octanol–water partition coefficient (Wildman–Crippen LogP) is 4.16. The monoisotopic (exact) mass is 230 g/mol. The average Bonchev–Trinajstić information content (AvgIpc) is 2.29. The van der Waals surface area contributed by atoms with Crippen LogP contribution in [0.5, 0.6) is 0 Å². The highest BCUT2D eigenvalue weighted by atomic mass is 16.3. The van der Waals surface area contributed by atoms with Crippen LogP contribution in [0.4, 0.5) is 0 Å². The standard InChI is InChI=1S/C16H22O/c1-13-9-11-15(12-10-13)16(17)14-7-5-3-2-4-6-8-14/h5,7,9-12,14,16-17H,2-4,6,8H2,1H3/t14-,16-/m1/s1. The Morgan fingerprint density at radius 2 is 1.88 bits per heavy atom. The van der Waals surface area contributed by atoms with Gasteiger partial charge >= 0.3 is 0 Å². The zero-order chi connectivity index (χ0) is 12.1. The van der Waals surface area contributed by atoms with E-state index >= 15 is 0 Å². The van der Waals surface area contributed by atoms with Gasteiger partial charge in [0.1, 0.15) is 0 Å². The van der Waals surface area contributed by atoms with Crippen molar-refractivity contribution in [1.82, 2.24) is 0 Å². The Bertz CT molecular complexity index is 364. The Balaban J connectivity index is 2.09. The molecule has 2 rings (SSSR count). The van der Waals surface area contributed by atoms with Gasteiger partial charge in [0, 0.05) is 5.92 Å². The van der Waals surface area contributed by atoms with Gasteiger partial charge < -0.3 is 5.11 Å². The number of hydrogen-bond acceptors (Lipinski definition) is 1. The van der Waals surface area contributed by atoms with Crippen molar-refractivity contribution in [3.63, 3.8) is 0 Å². The molecule has 92 valence electrons. The molecule has 0 fully saturated rings. The maximum absolute atomic E-state index is 10.4. The van der Waals surface area contributed by atoms with Gasteiger partial charge in [0.05, 0.1) is 6.10 Å². The lowest BCUT2D eigenvalue weighted by molar-refractivity contribution is 0.124. The third-order valence-corrected chi connectivity index (χ3v) is 3.62. The second-order valence-electron chi connectivity index (χ2n) is 5.09. The summed E-state index contributed by atoms with van der Waals surface area (Å²) in [6.45, 7) is 2.08. The van der Waals surface area contributed by atoms with Crippen molar-refractivity contribution in [2.75, 3.05) is 0 Å². The molecule has 0 aliphatic heterocycles. The minimum Gasteiger partial charge on any atom is -0.388 e. The van der Waals surface area contributed by atoms with Crippen LogP contribution >= 0.6 is 0 Å². The average molecular weight is 230 g/mol. The zero-order valence-electron chi connectivity index (χ0n) is 10.6. The molecule has 0 saturated heterocycles. The highest BCUT2D eigenvalue weighted by molar-refractivity contribution is 5.24. The lowest BCUT2D eigenvalue weighted by Gasteiger charge is -2.21. The van der Waals surface area contributed by atoms with Crippen molar-refractivity contribution >= 4 is 0 Å². The molecule has 0 unspecified atom stereocenters.